The number of carbonyl (C=O) groups is 1. The zero-order chi connectivity index (χ0) is 22.2. The van der Waals surface area contributed by atoms with Crippen molar-refractivity contribution in [3.8, 4) is 16.9 Å². The van der Waals surface area contributed by atoms with Gasteiger partial charge in [-0.2, -0.15) is 0 Å². The lowest BCUT2D eigenvalue weighted by molar-refractivity contribution is 0.139. The molecule has 0 saturated carbocycles. The molecule has 2 amide bonds. The van der Waals surface area contributed by atoms with Gasteiger partial charge in [-0.05, 0) is 54.3 Å². The Morgan fingerprint density at radius 3 is 2.59 bits per heavy atom. The van der Waals surface area contributed by atoms with E-state index in [1.807, 2.05) is 58.0 Å². The fourth-order valence-corrected chi connectivity index (χ4v) is 5.03. The molecule has 0 spiro atoms. The first-order chi connectivity index (χ1) is 15.5. The summed E-state index contributed by atoms with van der Waals surface area (Å²) in [4.78, 5) is 28.1. The number of ether oxygens (including phenoxy) is 1. The maximum absolute atomic E-state index is 13.3. The summed E-state index contributed by atoms with van der Waals surface area (Å²) in [5.74, 6) is 1.01. The third-order valence-corrected chi connectivity index (χ3v) is 6.65. The Bertz CT molecular complexity index is 1220. The van der Waals surface area contributed by atoms with Gasteiger partial charge in [0.05, 0.1) is 12.8 Å². The number of likely N-dealkylation sites (tertiary alicyclic amines) is 1. The highest BCUT2D eigenvalue weighted by molar-refractivity contribution is 6.30. The van der Waals surface area contributed by atoms with Gasteiger partial charge in [0.2, 0.25) is 0 Å². The Labute approximate surface area is 191 Å². The van der Waals surface area contributed by atoms with Crippen LogP contribution in [0.1, 0.15) is 18.0 Å². The van der Waals surface area contributed by atoms with Crippen molar-refractivity contribution in [3.05, 3.63) is 81.7 Å². The van der Waals surface area contributed by atoms with Crippen molar-refractivity contribution in [2.24, 2.45) is 5.92 Å². The summed E-state index contributed by atoms with van der Waals surface area (Å²) in [6.45, 7) is 1.82. The van der Waals surface area contributed by atoms with Crippen LogP contribution in [0.15, 0.2) is 65.5 Å². The third-order valence-electron chi connectivity index (χ3n) is 6.40. The Morgan fingerprint density at radius 1 is 1.03 bits per heavy atom. The van der Waals surface area contributed by atoms with Crippen LogP contribution in [0, 0.1) is 5.92 Å². The number of hydrogen-bond donors (Lipinski definition) is 1. The van der Waals surface area contributed by atoms with Crippen LogP contribution in [0.3, 0.4) is 0 Å². The van der Waals surface area contributed by atoms with Gasteiger partial charge in [0, 0.05) is 41.8 Å². The fraction of sp³-hybridized carbons (Fsp3) is 0.280. The predicted octanol–water partition coefficient (Wildman–Crippen LogP) is 4.83. The molecule has 6 nitrogen and oxygen atoms in total. The highest BCUT2D eigenvalue weighted by atomic mass is 35.5. The van der Waals surface area contributed by atoms with E-state index in [4.69, 9.17) is 16.3 Å². The molecule has 2 aromatic carbocycles. The number of nitrogens with zero attached hydrogens (tertiary/aromatic N) is 2. The predicted molar refractivity (Wildman–Crippen MR) is 126 cm³/mol. The lowest BCUT2D eigenvalue weighted by Crippen LogP contribution is -2.50. The quantitative estimate of drug-likeness (QED) is 0.623. The minimum Gasteiger partial charge on any atom is -0.495 e. The van der Waals surface area contributed by atoms with Gasteiger partial charge in [0.15, 0.2) is 0 Å². The molecule has 2 unspecified atom stereocenters. The van der Waals surface area contributed by atoms with Crippen LogP contribution in [0.2, 0.25) is 5.02 Å². The average Bonchev–Trinajstić information content (AvgIpc) is 2.81. The molecule has 1 saturated heterocycles. The molecular formula is C25H24ClN3O3. The van der Waals surface area contributed by atoms with E-state index in [-0.39, 0.29) is 23.4 Å². The number of rotatable bonds is 3. The maximum Gasteiger partial charge on any atom is 0.321 e. The number of para-hydroxylation sites is 2. The number of anilines is 1. The number of urea groups is 1. The summed E-state index contributed by atoms with van der Waals surface area (Å²) in [6.07, 6.45) is 0.984. The highest BCUT2D eigenvalue weighted by Gasteiger charge is 2.36. The monoisotopic (exact) mass is 449 g/mol. The molecule has 1 fully saturated rings. The van der Waals surface area contributed by atoms with E-state index in [0.29, 0.717) is 41.7 Å². The lowest BCUT2D eigenvalue weighted by atomic mass is 9.83. The second-order valence-electron chi connectivity index (χ2n) is 8.43. The molecule has 7 heteroatoms. The smallest absolute Gasteiger partial charge is 0.321 e. The molecule has 164 valence electrons. The molecule has 2 aliphatic rings. The van der Waals surface area contributed by atoms with E-state index in [9.17, 15) is 9.59 Å². The summed E-state index contributed by atoms with van der Waals surface area (Å²) in [5, 5.41) is 3.62. The minimum absolute atomic E-state index is 0.0199. The number of methoxy groups -OCH3 is 1. The maximum atomic E-state index is 13.3. The number of aromatic nitrogens is 1. The molecule has 2 atom stereocenters. The summed E-state index contributed by atoms with van der Waals surface area (Å²) in [7, 11) is 1.59. The molecule has 5 rings (SSSR count). The SMILES string of the molecule is COc1ccccc1NC(=O)N1CC2CC(C1)c1ccc(-c3ccc(Cl)cc3)c(=O)n1C2. The van der Waals surface area contributed by atoms with Crippen molar-refractivity contribution in [2.75, 3.05) is 25.5 Å². The van der Waals surface area contributed by atoms with Gasteiger partial charge in [0.25, 0.3) is 5.56 Å². The summed E-state index contributed by atoms with van der Waals surface area (Å²) in [5.41, 5.74) is 3.21. The molecular weight excluding hydrogens is 426 g/mol. The van der Waals surface area contributed by atoms with Gasteiger partial charge >= 0.3 is 6.03 Å². The first kappa shape index (κ1) is 20.6. The van der Waals surface area contributed by atoms with Crippen LogP contribution in [0.25, 0.3) is 11.1 Å². The van der Waals surface area contributed by atoms with Gasteiger partial charge < -0.3 is 19.5 Å². The second kappa shape index (κ2) is 8.36. The summed E-state index contributed by atoms with van der Waals surface area (Å²) in [6, 6.07) is 18.5. The molecule has 2 bridgehead atoms. The van der Waals surface area contributed by atoms with Crippen LogP contribution in [-0.4, -0.2) is 35.7 Å². The number of pyridine rings is 1. The molecule has 2 aliphatic heterocycles. The summed E-state index contributed by atoms with van der Waals surface area (Å²) >= 11 is 6.00. The van der Waals surface area contributed by atoms with Crippen molar-refractivity contribution in [3.63, 3.8) is 0 Å². The number of carbonyl (C=O) groups excluding carboxylic acids is 1. The van der Waals surface area contributed by atoms with Crippen LogP contribution in [-0.2, 0) is 6.54 Å². The molecule has 0 aliphatic carbocycles. The minimum atomic E-state index is -0.141. The van der Waals surface area contributed by atoms with Crippen LogP contribution < -0.4 is 15.6 Å². The van der Waals surface area contributed by atoms with Crippen molar-refractivity contribution in [1.29, 1.82) is 0 Å². The van der Waals surface area contributed by atoms with E-state index in [0.717, 1.165) is 17.7 Å². The van der Waals surface area contributed by atoms with E-state index in [1.54, 1.807) is 19.2 Å². The number of halogens is 1. The number of amides is 2. The molecule has 1 aromatic heterocycles. The Hall–Kier alpha value is -3.25. The molecule has 32 heavy (non-hydrogen) atoms. The zero-order valence-electron chi connectivity index (χ0n) is 17.8. The Morgan fingerprint density at radius 2 is 1.81 bits per heavy atom. The topological polar surface area (TPSA) is 63.6 Å². The number of fused-ring (bicyclic) bond motifs is 4. The standard InChI is InChI=1S/C25H24ClN3O3/c1-32-23-5-3-2-4-21(23)27-25(31)28-13-16-12-18(15-28)22-11-10-20(24(30)29(22)14-16)17-6-8-19(26)9-7-17/h2-11,16,18H,12-15H2,1H3,(H,27,31). The fourth-order valence-electron chi connectivity index (χ4n) is 4.90. The number of piperidine rings is 1. The lowest BCUT2D eigenvalue weighted by Gasteiger charge is -2.42. The van der Waals surface area contributed by atoms with E-state index in [2.05, 4.69) is 5.32 Å². The first-order valence-electron chi connectivity index (χ1n) is 10.7. The van der Waals surface area contributed by atoms with E-state index < -0.39 is 0 Å². The Balaban J connectivity index is 1.39. The van der Waals surface area contributed by atoms with Crippen molar-refractivity contribution in [1.82, 2.24) is 9.47 Å². The highest BCUT2D eigenvalue weighted by Crippen LogP contribution is 2.36. The van der Waals surface area contributed by atoms with Gasteiger partial charge in [-0.15, -0.1) is 0 Å². The van der Waals surface area contributed by atoms with Crippen molar-refractivity contribution in [2.45, 2.75) is 18.9 Å². The van der Waals surface area contributed by atoms with Gasteiger partial charge in [-0.25, -0.2) is 4.79 Å². The molecule has 3 heterocycles. The molecule has 3 aromatic rings. The zero-order valence-corrected chi connectivity index (χ0v) is 18.5. The summed E-state index contributed by atoms with van der Waals surface area (Å²) < 4.78 is 7.24. The van der Waals surface area contributed by atoms with Gasteiger partial charge in [0.1, 0.15) is 5.75 Å². The normalized spacial score (nSPS) is 19.2. The number of nitrogens with one attached hydrogen (secondary N) is 1. The average molecular weight is 450 g/mol. The van der Waals surface area contributed by atoms with Crippen molar-refractivity contribution >= 4 is 23.3 Å². The van der Waals surface area contributed by atoms with Crippen LogP contribution >= 0.6 is 11.6 Å². The van der Waals surface area contributed by atoms with Crippen LogP contribution in [0.4, 0.5) is 10.5 Å². The van der Waals surface area contributed by atoms with Crippen LogP contribution in [0.5, 0.6) is 5.75 Å². The molecule has 0 radical (unpaired) electrons. The Kier molecular flexibility index (Phi) is 5.39. The van der Waals surface area contributed by atoms with Crippen molar-refractivity contribution < 1.29 is 9.53 Å². The largest absolute Gasteiger partial charge is 0.495 e. The number of benzene rings is 2. The first-order valence-corrected chi connectivity index (χ1v) is 11.1. The van der Waals surface area contributed by atoms with Gasteiger partial charge in [-0.3, -0.25) is 4.79 Å². The van der Waals surface area contributed by atoms with E-state index >= 15 is 0 Å². The molecule has 1 N–H and O–H groups in total. The van der Waals surface area contributed by atoms with Gasteiger partial charge in [-0.1, -0.05) is 35.9 Å². The third kappa shape index (κ3) is 3.75. The van der Waals surface area contributed by atoms with E-state index in [1.165, 1.54) is 0 Å². The second-order valence-corrected chi connectivity index (χ2v) is 8.87. The number of hydrogen-bond acceptors (Lipinski definition) is 3.